The van der Waals surface area contributed by atoms with Crippen LogP contribution in [-0.4, -0.2) is 18.7 Å². The summed E-state index contributed by atoms with van der Waals surface area (Å²) in [5.41, 5.74) is 0.906. The maximum atomic E-state index is 9.35. The zero-order valence-corrected chi connectivity index (χ0v) is 12.6. The fourth-order valence-corrected chi connectivity index (χ4v) is 2.83. The number of hydrogen-bond acceptors (Lipinski definition) is 3. The molecule has 0 bridgehead atoms. The number of nitrogens with one attached hydrogen (secondary N) is 1. The van der Waals surface area contributed by atoms with Gasteiger partial charge >= 0.3 is 0 Å². The van der Waals surface area contributed by atoms with Crippen molar-refractivity contribution in [1.82, 2.24) is 5.32 Å². The smallest absolute Gasteiger partial charge is 0.119 e. The van der Waals surface area contributed by atoms with E-state index in [0.717, 1.165) is 31.4 Å². The molecule has 1 N–H and O–H groups in total. The summed E-state index contributed by atoms with van der Waals surface area (Å²) in [6.45, 7) is 4.37. The van der Waals surface area contributed by atoms with Crippen LogP contribution >= 0.6 is 0 Å². The molecule has 0 aliphatic heterocycles. The van der Waals surface area contributed by atoms with Crippen molar-refractivity contribution in [2.45, 2.75) is 57.1 Å². The van der Waals surface area contributed by atoms with Gasteiger partial charge in [0.05, 0.1) is 6.07 Å². The first-order chi connectivity index (χ1) is 9.58. The first kappa shape index (κ1) is 14.9. The highest BCUT2D eigenvalue weighted by Crippen LogP contribution is 2.31. The molecule has 0 saturated heterocycles. The molecular weight excluding hydrogens is 248 g/mol. The molecule has 1 aromatic carbocycles. The number of hydrogen-bond donors (Lipinski definition) is 1. The molecular formula is C17H24N2O. The maximum Gasteiger partial charge on any atom is 0.119 e. The Balaban J connectivity index is 2.01. The Bertz CT molecular complexity index is 475. The molecule has 1 aromatic rings. The molecule has 1 saturated carbocycles. The molecule has 108 valence electrons. The Morgan fingerprint density at radius 3 is 2.60 bits per heavy atom. The van der Waals surface area contributed by atoms with E-state index < -0.39 is 5.54 Å². The molecule has 20 heavy (non-hydrogen) atoms. The normalized spacial score (nSPS) is 26.2. The zero-order valence-electron chi connectivity index (χ0n) is 12.6. The maximum absolute atomic E-state index is 9.35. The van der Waals surface area contributed by atoms with Gasteiger partial charge in [0.1, 0.15) is 17.4 Å². The van der Waals surface area contributed by atoms with Gasteiger partial charge in [-0.1, -0.05) is 26.0 Å². The summed E-state index contributed by atoms with van der Waals surface area (Å²) < 4.78 is 6.06. The first-order valence-corrected chi connectivity index (χ1v) is 7.45. The summed E-state index contributed by atoms with van der Waals surface area (Å²) in [7, 11) is 1.86. The van der Waals surface area contributed by atoms with Crippen molar-refractivity contribution in [2.24, 2.45) is 0 Å². The molecule has 1 fully saturated rings. The van der Waals surface area contributed by atoms with Crippen LogP contribution in [0.25, 0.3) is 0 Å². The summed E-state index contributed by atoms with van der Waals surface area (Å²) in [6, 6.07) is 10.7. The molecule has 2 unspecified atom stereocenters. The highest BCUT2D eigenvalue weighted by molar-refractivity contribution is 5.29. The lowest BCUT2D eigenvalue weighted by Gasteiger charge is -2.35. The SMILES string of the molecule is CNC1(C#N)CCCC(Oc2ccc(C(C)C)cc2)C1. The van der Waals surface area contributed by atoms with E-state index in [1.165, 1.54) is 5.56 Å². The first-order valence-electron chi connectivity index (χ1n) is 7.45. The van der Waals surface area contributed by atoms with Crippen LogP contribution in [0.4, 0.5) is 0 Å². The number of rotatable bonds is 4. The molecule has 0 amide bonds. The van der Waals surface area contributed by atoms with Crippen LogP contribution in [0.1, 0.15) is 51.0 Å². The van der Waals surface area contributed by atoms with Crippen LogP contribution in [-0.2, 0) is 0 Å². The van der Waals surface area contributed by atoms with Crippen LogP contribution in [0.5, 0.6) is 5.75 Å². The van der Waals surface area contributed by atoms with E-state index in [1.54, 1.807) is 0 Å². The Morgan fingerprint density at radius 2 is 2.05 bits per heavy atom. The van der Waals surface area contributed by atoms with Crippen LogP contribution < -0.4 is 10.1 Å². The van der Waals surface area contributed by atoms with E-state index in [9.17, 15) is 5.26 Å². The summed E-state index contributed by atoms with van der Waals surface area (Å²) in [6.07, 6.45) is 3.85. The van der Waals surface area contributed by atoms with Gasteiger partial charge < -0.3 is 10.1 Å². The lowest BCUT2D eigenvalue weighted by Crippen LogP contribution is -2.48. The van der Waals surface area contributed by atoms with Crippen molar-refractivity contribution in [3.8, 4) is 11.8 Å². The van der Waals surface area contributed by atoms with Crippen molar-refractivity contribution in [3.05, 3.63) is 29.8 Å². The topological polar surface area (TPSA) is 45.0 Å². The van der Waals surface area contributed by atoms with Crippen LogP contribution in [0.2, 0.25) is 0 Å². The number of benzene rings is 1. The van der Waals surface area contributed by atoms with Gasteiger partial charge in [0.25, 0.3) is 0 Å². The van der Waals surface area contributed by atoms with Gasteiger partial charge in [-0.2, -0.15) is 5.26 Å². The average Bonchev–Trinajstić information content (AvgIpc) is 2.48. The van der Waals surface area contributed by atoms with Gasteiger partial charge in [0, 0.05) is 6.42 Å². The second-order valence-corrected chi connectivity index (χ2v) is 6.00. The van der Waals surface area contributed by atoms with E-state index in [4.69, 9.17) is 4.74 Å². The summed E-state index contributed by atoms with van der Waals surface area (Å²) in [4.78, 5) is 0. The second-order valence-electron chi connectivity index (χ2n) is 6.00. The lowest BCUT2D eigenvalue weighted by atomic mass is 9.81. The third-order valence-electron chi connectivity index (χ3n) is 4.25. The molecule has 0 radical (unpaired) electrons. The number of nitrogens with zero attached hydrogens (tertiary/aromatic N) is 1. The quantitative estimate of drug-likeness (QED) is 0.910. The van der Waals surface area contributed by atoms with Crippen LogP contribution in [0.3, 0.4) is 0 Å². The van der Waals surface area contributed by atoms with Gasteiger partial charge in [-0.25, -0.2) is 0 Å². The predicted octanol–water partition coefficient (Wildman–Crippen LogP) is 3.61. The third kappa shape index (κ3) is 3.32. The minimum Gasteiger partial charge on any atom is -0.490 e. The van der Waals surface area contributed by atoms with E-state index >= 15 is 0 Å². The van der Waals surface area contributed by atoms with E-state index in [0.29, 0.717) is 5.92 Å². The highest BCUT2D eigenvalue weighted by Gasteiger charge is 2.36. The second kappa shape index (κ2) is 6.28. The third-order valence-corrected chi connectivity index (χ3v) is 4.25. The van der Waals surface area contributed by atoms with E-state index in [-0.39, 0.29) is 6.10 Å². The molecule has 2 atom stereocenters. The van der Waals surface area contributed by atoms with Gasteiger partial charge in [-0.15, -0.1) is 0 Å². The fraction of sp³-hybridized carbons (Fsp3) is 0.588. The Kier molecular flexibility index (Phi) is 4.67. The molecule has 3 heteroatoms. The summed E-state index contributed by atoms with van der Waals surface area (Å²) in [5.74, 6) is 1.44. The van der Waals surface area contributed by atoms with Gasteiger partial charge in [0.2, 0.25) is 0 Å². The van der Waals surface area contributed by atoms with Crippen LogP contribution in [0, 0.1) is 11.3 Å². The monoisotopic (exact) mass is 272 g/mol. The van der Waals surface area contributed by atoms with Crippen molar-refractivity contribution >= 4 is 0 Å². The number of ether oxygens (including phenoxy) is 1. The van der Waals surface area contributed by atoms with Gasteiger partial charge in [0.15, 0.2) is 0 Å². The molecule has 1 aliphatic rings. The molecule has 0 heterocycles. The fourth-order valence-electron chi connectivity index (χ4n) is 2.83. The minimum absolute atomic E-state index is 0.126. The Morgan fingerprint density at radius 1 is 1.35 bits per heavy atom. The molecule has 0 spiro atoms. The van der Waals surface area contributed by atoms with E-state index in [1.807, 2.05) is 19.2 Å². The molecule has 1 aliphatic carbocycles. The Labute approximate surface area is 121 Å². The molecule has 2 rings (SSSR count). The average molecular weight is 272 g/mol. The van der Waals surface area contributed by atoms with Crippen molar-refractivity contribution in [1.29, 1.82) is 5.26 Å². The van der Waals surface area contributed by atoms with Crippen molar-refractivity contribution in [2.75, 3.05) is 7.05 Å². The highest BCUT2D eigenvalue weighted by atomic mass is 16.5. The summed E-state index contributed by atoms with van der Waals surface area (Å²) in [5, 5.41) is 12.5. The van der Waals surface area contributed by atoms with Gasteiger partial charge in [-0.05, 0) is 49.9 Å². The standard InChI is InChI=1S/C17H24N2O/c1-13(2)14-6-8-15(9-7-14)20-16-5-4-10-17(11-16,12-18)19-3/h6-9,13,16,19H,4-5,10-11H2,1-3H3. The zero-order chi connectivity index (χ0) is 14.6. The predicted molar refractivity (Wildman–Crippen MR) is 80.8 cm³/mol. The van der Waals surface area contributed by atoms with Crippen molar-refractivity contribution in [3.63, 3.8) is 0 Å². The van der Waals surface area contributed by atoms with Crippen LogP contribution in [0.15, 0.2) is 24.3 Å². The van der Waals surface area contributed by atoms with Crippen molar-refractivity contribution < 1.29 is 4.74 Å². The minimum atomic E-state index is -0.416. The molecule has 0 aromatic heterocycles. The lowest BCUT2D eigenvalue weighted by molar-refractivity contribution is 0.116. The van der Waals surface area contributed by atoms with Gasteiger partial charge in [-0.3, -0.25) is 0 Å². The summed E-state index contributed by atoms with van der Waals surface area (Å²) >= 11 is 0. The largest absolute Gasteiger partial charge is 0.490 e. The van der Waals surface area contributed by atoms with E-state index in [2.05, 4.69) is 37.4 Å². The molecule has 3 nitrogen and oxygen atoms in total. The Hall–Kier alpha value is -1.53. The number of nitriles is 1.